The average molecular weight is 562 g/mol. The molecule has 0 aliphatic carbocycles. The van der Waals surface area contributed by atoms with Crippen LogP contribution < -0.4 is 37.8 Å². The summed E-state index contributed by atoms with van der Waals surface area (Å²) >= 11 is 0. The van der Waals surface area contributed by atoms with E-state index in [4.69, 9.17) is 0 Å². The summed E-state index contributed by atoms with van der Waals surface area (Å²) in [5, 5.41) is 10.8. The quantitative estimate of drug-likeness (QED) is 0.266. The molecule has 0 aliphatic heterocycles. The standard InChI is InChI=1S/C30H28N6O.2ClH/c1-35(2)26-12-13-28-27(20-26)29(14-17-31-28)33-23-8-10-24(11-9-23)34-30(37)21-4-6-22(7-5-21)32-25-15-18-36(3)19-16-25;;/h4-20H,1-3H3,(H2,31,33,34,37);2*1H. The van der Waals surface area contributed by atoms with E-state index >= 15 is 0 Å². The fourth-order valence-corrected chi connectivity index (χ4v) is 3.97. The van der Waals surface area contributed by atoms with Crippen LogP contribution in [0.15, 0.2) is 104 Å². The molecule has 0 unspecified atom stereocenters. The number of nitrogens with zero attached hydrogens (tertiary/aromatic N) is 3. The maximum Gasteiger partial charge on any atom is 0.255 e. The number of carbonyl (C=O) groups excluding carboxylic acids is 1. The molecule has 9 heteroatoms. The molecular formula is C30H30Cl2N6O. The number of pyridine rings is 2. The second kappa shape index (κ2) is 13.0. The second-order valence-electron chi connectivity index (χ2n) is 9.07. The Morgan fingerprint density at radius 3 is 2.03 bits per heavy atom. The van der Waals surface area contributed by atoms with Gasteiger partial charge in [-0.1, -0.05) is 0 Å². The minimum absolute atomic E-state index is 0. The lowest BCUT2D eigenvalue weighted by Crippen LogP contribution is -3.00. The van der Waals surface area contributed by atoms with E-state index in [2.05, 4.69) is 38.0 Å². The minimum atomic E-state index is -0.157. The van der Waals surface area contributed by atoms with E-state index in [1.54, 1.807) is 6.20 Å². The van der Waals surface area contributed by atoms with Gasteiger partial charge in [0.05, 0.1) is 11.2 Å². The molecule has 2 heterocycles. The van der Waals surface area contributed by atoms with E-state index < -0.39 is 0 Å². The lowest BCUT2D eigenvalue weighted by atomic mass is 10.1. The molecule has 0 saturated heterocycles. The molecule has 7 nitrogen and oxygen atoms in total. The Kier molecular flexibility index (Phi) is 9.71. The molecule has 0 spiro atoms. The number of hydrogen-bond donors (Lipinski definition) is 3. The number of aromatic nitrogens is 2. The maximum absolute atomic E-state index is 12.8. The van der Waals surface area contributed by atoms with Crippen LogP contribution in [0.5, 0.6) is 0 Å². The average Bonchev–Trinajstić information content (AvgIpc) is 2.91. The molecule has 200 valence electrons. The number of fused-ring (bicyclic) bond motifs is 1. The number of aryl methyl sites for hydroxylation is 1. The number of anilines is 6. The molecule has 0 fully saturated rings. The van der Waals surface area contributed by atoms with Crippen LogP contribution in [0.1, 0.15) is 10.4 Å². The highest BCUT2D eigenvalue weighted by Gasteiger charge is 2.08. The molecule has 3 N–H and O–H groups in total. The van der Waals surface area contributed by atoms with Gasteiger partial charge in [-0.15, -0.1) is 12.4 Å². The zero-order chi connectivity index (χ0) is 25.8. The molecule has 2 aromatic heterocycles. The lowest BCUT2D eigenvalue weighted by molar-refractivity contribution is -0.671. The molecule has 0 aliphatic rings. The van der Waals surface area contributed by atoms with Crippen LogP contribution in [-0.4, -0.2) is 25.0 Å². The molecule has 39 heavy (non-hydrogen) atoms. The van der Waals surface area contributed by atoms with Gasteiger partial charge in [-0.05, 0) is 72.8 Å². The van der Waals surface area contributed by atoms with Gasteiger partial charge >= 0.3 is 0 Å². The van der Waals surface area contributed by atoms with Crippen molar-refractivity contribution in [1.82, 2.24) is 4.98 Å². The molecule has 3 aromatic carbocycles. The van der Waals surface area contributed by atoms with E-state index in [1.165, 1.54) is 0 Å². The SMILES string of the molecule is CN(C)c1ccc2nccc(Nc3ccc(NC(=O)c4ccc(Nc5cc[n+](C)cc5)cc4)cc3)c2c1.Cl.[Cl-]. The summed E-state index contributed by atoms with van der Waals surface area (Å²) in [5.41, 5.74) is 7.16. The highest BCUT2D eigenvalue weighted by atomic mass is 35.5. The number of carbonyl (C=O) groups is 1. The predicted molar refractivity (Wildman–Crippen MR) is 158 cm³/mol. The Bertz CT molecular complexity index is 1540. The molecule has 0 bridgehead atoms. The number of rotatable bonds is 7. The van der Waals surface area contributed by atoms with Crippen LogP contribution in [0.3, 0.4) is 0 Å². The van der Waals surface area contributed by atoms with Gasteiger partial charge < -0.3 is 33.3 Å². The number of hydrogen-bond acceptors (Lipinski definition) is 5. The van der Waals surface area contributed by atoms with Gasteiger partial charge in [0.1, 0.15) is 7.05 Å². The first-order valence-electron chi connectivity index (χ1n) is 12.0. The van der Waals surface area contributed by atoms with E-state index in [1.807, 2.05) is 111 Å². The van der Waals surface area contributed by atoms with Gasteiger partial charge in [-0.2, -0.15) is 0 Å². The monoisotopic (exact) mass is 560 g/mol. The van der Waals surface area contributed by atoms with Gasteiger partial charge in [0.25, 0.3) is 5.91 Å². The number of halogens is 2. The highest BCUT2D eigenvalue weighted by Crippen LogP contribution is 2.29. The Labute approximate surface area is 240 Å². The van der Waals surface area contributed by atoms with E-state index in [0.717, 1.165) is 45.0 Å². The number of amides is 1. The Hall–Kier alpha value is -4.33. The summed E-state index contributed by atoms with van der Waals surface area (Å²) in [5.74, 6) is -0.157. The van der Waals surface area contributed by atoms with Crippen molar-refractivity contribution >= 4 is 63.3 Å². The maximum atomic E-state index is 12.8. The number of nitrogens with one attached hydrogen (secondary N) is 3. The van der Waals surface area contributed by atoms with Gasteiger partial charge in [-0.25, -0.2) is 4.57 Å². The van der Waals surface area contributed by atoms with Crippen LogP contribution >= 0.6 is 12.4 Å². The van der Waals surface area contributed by atoms with E-state index in [9.17, 15) is 4.79 Å². The lowest BCUT2D eigenvalue weighted by Gasteiger charge is -2.15. The summed E-state index contributed by atoms with van der Waals surface area (Å²) in [6, 6.07) is 27.3. The molecule has 0 radical (unpaired) electrons. The minimum Gasteiger partial charge on any atom is -1.00 e. The van der Waals surface area contributed by atoms with Crippen LogP contribution in [0.25, 0.3) is 10.9 Å². The molecule has 0 saturated carbocycles. The Morgan fingerprint density at radius 1 is 0.769 bits per heavy atom. The van der Waals surface area contributed by atoms with Crippen molar-refractivity contribution in [1.29, 1.82) is 0 Å². The smallest absolute Gasteiger partial charge is 0.255 e. The normalized spacial score (nSPS) is 10.1. The van der Waals surface area contributed by atoms with Crippen LogP contribution in [0.4, 0.5) is 34.1 Å². The van der Waals surface area contributed by atoms with Crippen LogP contribution in [0, 0.1) is 0 Å². The Balaban J connectivity index is 0.00000210. The van der Waals surface area contributed by atoms with Gasteiger partial charge in [-0.3, -0.25) is 9.78 Å². The first kappa shape index (κ1) is 29.2. The summed E-state index contributed by atoms with van der Waals surface area (Å²) < 4.78 is 1.98. The topological polar surface area (TPSA) is 73.2 Å². The third-order valence-electron chi connectivity index (χ3n) is 6.08. The Morgan fingerprint density at radius 2 is 1.36 bits per heavy atom. The summed E-state index contributed by atoms with van der Waals surface area (Å²) in [4.78, 5) is 19.3. The first-order valence-corrected chi connectivity index (χ1v) is 12.0. The van der Waals surface area contributed by atoms with Crippen LogP contribution in [-0.2, 0) is 7.05 Å². The summed E-state index contributed by atoms with van der Waals surface area (Å²) in [7, 11) is 6.02. The van der Waals surface area contributed by atoms with Crippen molar-refractivity contribution in [3.63, 3.8) is 0 Å². The highest BCUT2D eigenvalue weighted by molar-refractivity contribution is 6.04. The third kappa shape index (κ3) is 7.16. The predicted octanol–water partition coefficient (Wildman–Crippen LogP) is 3.29. The van der Waals surface area contributed by atoms with Gasteiger partial charge in [0.15, 0.2) is 12.4 Å². The van der Waals surface area contributed by atoms with Crippen molar-refractivity contribution in [3.05, 3.63) is 109 Å². The molecule has 5 aromatic rings. The van der Waals surface area contributed by atoms with E-state index in [-0.39, 0.29) is 30.7 Å². The van der Waals surface area contributed by atoms with Gasteiger partial charge in [0.2, 0.25) is 0 Å². The molecule has 5 rings (SSSR count). The molecule has 1 amide bonds. The summed E-state index contributed by atoms with van der Waals surface area (Å²) in [6.07, 6.45) is 5.76. The molecule has 0 atom stereocenters. The molecular weight excluding hydrogens is 531 g/mol. The number of benzene rings is 3. The fraction of sp³-hybridized carbons (Fsp3) is 0.100. The largest absolute Gasteiger partial charge is 1.00 e. The van der Waals surface area contributed by atoms with Crippen LogP contribution in [0.2, 0.25) is 0 Å². The van der Waals surface area contributed by atoms with Gasteiger partial charge in [0, 0.05) is 71.8 Å². The van der Waals surface area contributed by atoms with Crippen molar-refractivity contribution in [3.8, 4) is 0 Å². The van der Waals surface area contributed by atoms with Crippen molar-refractivity contribution in [2.75, 3.05) is 34.9 Å². The zero-order valence-electron chi connectivity index (χ0n) is 21.9. The first-order chi connectivity index (χ1) is 17.9. The van der Waals surface area contributed by atoms with Crippen molar-refractivity contribution < 1.29 is 21.8 Å². The second-order valence-corrected chi connectivity index (χ2v) is 9.07. The fourth-order valence-electron chi connectivity index (χ4n) is 3.97. The summed E-state index contributed by atoms with van der Waals surface area (Å²) in [6.45, 7) is 0. The van der Waals surface area contributed by atoms with Crippen molar-refractivity contribution in [2.45, 2.75) is 0 Å². The van der Waals surface area contributed by atoms with E-state index in [0.29, 0.717) is 5.56 Å². The third-order valence-corrected chi connectivity index (χ3v) is 6.08. The van der Waals surface area contributed by atoms with Crippen molar-refractivity contribution in [2.24, 2.45) is 7.05 Å². The zero-order valence-corrected chi connectivity index (χ0v) is 23.4.